The van der Waals surface area contributed by atoms with Crippen molar-refractivity contribution < 1.29 is 9.59 Å². The van der Waals surface area contributed by atoms with E-state index in [9.17, 15) is 9.59 Å². The summed E-state index contributed by atoms with van der Waals surface area (Å²) in [5, 5.41) is 0. The Labute approximate surface area is 61.6 Å². The van der Waals surface area contributed by atoms with E-state index >= 15 is 0 Å². The fourth-order valence-corrected chi connectivity index (χ4v) is 0.859. The summed E-state index contributed by atoms with van der Waals surface area (Å²) < 4.78 is 0. The van der Waals surface area contributed by atoms with Crippen molar-refractivity contribution in [2.24, 2.45) is 5.92 Å². The van der Waals surface area contributed by atoms with Crippen molar-refractivity contribution >= 4 is 11.6 Å². The summed E-state index contributed by atoms with van der Waals surface area (Å²) in [6.07, 6.45) is 0.944. The van der Waals surface area contributed by atoms with Crippen LogP contribution in [0.3, 0.4) is 0 Å². The lowest BCUT2D eigenvalue weighted by Crippen LogP contribution is -2.08. The maximum atomic E-state index is 10.6. The number of ketones is 2. The molecule has 1 rings (SSSR count). The molecule has 0 amide bonds. The highest BCUT2D eigenvalue weighted by Gasteiger charge is 2.27. The summed E-state index contributed by atoms with van der Waals surface area (Å²) in [7, 11) is 0. The Hall–Kier alpha value is -0.660. The zero-order valence-corrected chi connectivity index (χ0v) is 6.81. The quantitative estimate of drug-likeness (QED) is 0.481. The third kappa shape index (κ3) is 1.94. The maximum Gasteiger partial charge on any atom is 0.143 e. The molecule has 2 heteroatoms. The molecule has 0 unspecified atom stereocenters. The SMILES string of the molecule is CC.CC1C(=O)CCC1=O. The van der Waals surface area contributed by atoms with Gasteiger partial charge in [-0.05, 0) is 6.92 Å². The van der Waals surface area contributed by atoms with Gasteiger partial charge in [0.2, 0.25) is 0 Å². The molecule has 58 valence electrons. The monoisotopic (exact) mass is 142 g/mol. The van der Waals surface area contributed by atoms with Crippen molar-refractivity contribution in [1.29, 1.82) is 0 Å². The van der Waals surface area contributed by atoms with Crippen molar-refractivity contribution in [3.05, 3.63) is 0 Å². The third-order valence-corrected chi connectivity index (χ3v) is 1.58. The van der Waals surface area contributed by atoms with E-state index in [1.165, 1.54) is 0 Å². The van der Waals surface area contributed by atoms with Crippen molar-refractivity contribution in [3.63, 3.8) is 0 Å². The van der Waals surface area contributed by atoms with Gasteiger partial charge in [0.1, 0.15) is 11.6 Å². The zero-order chi connectivity index (χ0) is 8.15. The molecule has 0 bridgehead atoms. The van der Waals surface area contributed by atoms with Gasteiger partial charge in [0.25, 0.3) is 0 Å². The molecule has 1 fully saturated rings. The minimum Gasteiger partial charge on any atom is -0.299 e. The number of hydrogen-bond acceptors (Lipinski definition) is 2. The van der Waals surface area contributed by atoms with Crippen molar-refractivity contribution in [1.82, 2.24) is 0 Å². The number of hydrogen-bond donors (Lipinski definition) is 0. The van der Waals surface area contributed by atoms with E-state index in [1.54, 1.807) is 6.92 Å². The van der Waals surface area contributed by atoms with Crippen LogP contribution in [0.25, 0.3) is 0 Å². The fraction of sp³-hybridized carbons (Fsp3) is 0.750. The minimum absolute atomic E-state index is 0.106. The second kappa shape index (κ2) is 4.20. The van der Waals surface area contributed by atoms with E-state index < -0.39 is 0 Å². The molecule has 0 aromatic rings. The first kappa shape index (κ1) is 9.34. The lowest BCUT2D eigenvalue weighted by molar-refractivity contribution is -0.126. The molecule has 0 spiro atoms. The van der Waals surface area contributed by atoms with Gasteiger partial charge in [0.05, 0.1) is 5.92 Å². The molecule has 0 aromatic carbocycles. The van der Waals surface area contributed by atoms with E-state index in [1.807, 2.05) is 13.8 Å². The van der Waals surface area contributed by atoms with Gasteiger partial charge >= 0.3 is 0 Å². The summed E-state index contributed by atoms with van der Waals surface area (Å²) in [5.74, 6) is -0.0833. The van der Waals surface area contributed by atoms with Crippen LogP contribution < -0.4 is 0 Å². The molecule has 0 N–H and O–H groups in total. The molecule has 0 atom stereocenters. The fourth-order valence-electron chi connectivity index (χ4n) is 0.859. The van der Waals surface area contributed by atoms with E-state index in [4.69, 9.17) is 0 Å². The predicted octanol–water partition coefficient (Wildman–Crippen LogP) is 1.58. The highest BCUT2D eigenvalue weighted by Crippen LogP contribution is 2.15. The molecule has 0 saturated heterocycles. The molecule has 1 saturated carbocycles. The van der Waals surface area contributed by atoms with Crippen LogP contribution in [0, 0.1) is 5.92 Å². The summed E-state index contributed by atoms with van der Waals surface area (Å²) in [4.78, 5) is 21.1. The van der Waals surface area contributed by atoms with Gasteiger partial charge in [-0.2, -0.15) is 0 Å². The maximum absolute atomic E-state index is 10.6. The first-order valence-electron chi connectivity index (χ1n) is 3.77. The Morgan fingerprint density at radius 3 is 1.50 bits per heavy atom. The van der Waals surface area contributed by atoms with Crippen LogP contribution in [-0.4, -0.2) is 11.6 Å². The molecule has 1 aliphatic rings. The second-order valence-corrected chi connectivity index (χ2v) is 2.15. The minimum atomic E-state index is -0.296. The smallest absolute Gasteiger partial charge is 0.143 e. The van der Waals surface area contributed by atoms with Gasteiger partial charge in [-0.1, -0.05) is 13.8 Å². The van der Waals surface area contributed by atoms with E-state index in [0.717, 1.165) is 0 Å². The molecular weight excluding hydrogens is 128 g/mol. The third-order valence-electron chi connectivity index (χ3n) is 1.58. The Morgan fingerprint density at radius 1 is 1.10 bits per heavy atom. The Kier molecular flexibility index (Phi) is 3.93. The van der Waals surface area contributed by atoms with Gasteiger partial charge in [0.15, 0.2) is 0 Å². The van der Waals surface area contributed by atoms with Gasteiger partial charge < -0.3 is 0 Å². The van der Waals surface area contributed by atoms with Crippen LogP contribution in [0.4, 0.5) is 0 Å². The lowest BCUT2D eigenvalue weighted by atomic mass is 10.1. The highest BCUT2D eigenvalue weighted by atomic mass is 16.2. The summed E-state index contributed by atoms with van der Waals surface area (Å²) in [6.45, 7) is 5.68. The Morgan fingerprint density at radius 2 is 1.40 bits per heavy atom. The van der Waals surface area contributed by atoms with Crippen molar-refractivity contribution in [2.45, 2.75) is 33.6 Å². The number of carbonyl (C=O) groups is 2. The standard InChI is InChI=1S/C6H8O2.C2H6/c1-4-5(7)2-3-6(4)8;1-2/h4H,2-3H2,1H3;1-2H3. The van der Waals surface area contributed by atoms with Crippen LogP contribution in [0.2, 0.25) is 0 Å². The topological polar surface area (TPSA) is 34.1 Å². The molecule has 1 aliphatic carbocycles. The zero-order valence-electron chi connectivity index (χ0n) is 6.81. The largest absolute Gasteiger partial charge is 0.299 e. The van der Waals surface area contributed by atoms with Gasteiger partial charge in [-0.3, -0.25) is 9.59 Å². The summed E-state index contributed by atoms with van der Waals surface area (Å²) in [5.41, 5.74) is 0. The van der Waals surface area contributed by atoms with Gasteiger partial charge in [-0.25, -0.2) is 0 Å². The summed E-state index contributed by atoms with van der Waals surface area (Å²) in [6, 6.07) is 0. The van der Waals surface area contributed by atoms with Crippen molar-refractivity contribution in [2.75, 3.05) is 0 Å². The first-order chi connectivity index (χ1) is 4.72. The van der Waals surface area contributed by atoms with Gasteiger partial charge in [0, 0.05) is 12.8 Å². The number of carbonyl (C=O) groups excluding carboxylic acids is 2. The number of Topliss-reactive ketones (excluding diaryl/α,β-unsaturated/α-hetero) is 2. The van der Waals surface area contributed by atoms with Crippen LogP contribution in [0.15, 0.2) is 0 Å². The molecule has 2 nitrogen and oxygen atoms in total. The average Bonchev–Trinajstić information content (AvgIpc) is 2.25. The summed E-state index contributed by atoms with van der Waals surface area (Å²) >= 11 is 0. The van der Waals surface area contributed by atoms with Crippen LogP contribution in [0.5, 0.6) is 0 Å². The van der Waals surface area contributed by atoms with Crippen LogP contribution in [-0.2, 0) is 9.59 Å². The normalized spacial score (nSPS) is 18.7. The molecule has 0 radical (unpaired) electrons. The van der Waals surface area contributed by atoms with Crippen LogP contribution in [0.1, 0.15) is 33.6 Å². The predicted molar refractivity (Wildman–Crippen MR) is 39.8 cm³/mol. The van der Waals surface area contributed by atoms with Crippen molar-refractivity contribution in [3.8, 4) is 0 Å². The molecule has 0 heterocycles. The van der Waals surface area contributed by atoms with E-state index in [-0.39, 0.29) is 17.5 Å². The molecule has 10 heavy (non-hydrogen) atoms. The first-order valence-corrected chi connectivity index (χ1v) is 3.77. The van der Waals surface area contributed by atoms with E-state index in [2.05, 4.69) is 0 Å². The molecule has 0 aliphatic heterocycles. The number of rotatable bonds is 0. The lowest BCUT2D eigenvalue weighted by Gasteiger charge is -1.90. The Balaban J connectivity index is 0.000000371. The highest BCUT2D eigenvalue weighted by molar-refractivity contribution is 6.08. The van der Waals surface area contributed by atoms with E-state index in [0.29, 0.717) is 12.8 Å². The molecule has 0 aromatic heterocycles. The molecular formula is C8H14O2. The average molecular weight is 142 g/mol. The second-order valence-electron chi connectivity index (χ2n) is 2.15. The van der Waals surface area contributed by atoms with Crippen LogP contribution >= 0.6 is 0 Å². The van der Waals surface area contributed by atoms with Gasteiger partial charge in [-0.15, -0.1) is 0 Å². The Bertz CT molecular complexity index is 122.